The number of hydrogen-bond donors (Lipinski definition) is 1. The molecule has 0 bridgehead atoms. The van der Waals surface area contributed by atoms with E-state index >= 15 is 0 Å². The van der Waals surface area contributed by atoms with Crippen LogP contribution >= 0.6 is 0 Å². The van der Waals surface area contributed by atoms with Gasteiger partial charge in [-0.25, -0.2) is 0 Å². The standard InChI is InChI=1S/C17H28N2O2/c1-6-8-18-11-15-9-13(3)17(14(4)10-15)21-12-16(20)19(5)7-2/h9-10,18H,6-8,11-12H2,1-5H3. The predicted octanol–water partition coefficient (Wildman–Crippen LogP) is 2.66. The van der Waals surface area contributed by atoms with Gasteiger partial charge in [0.2, 0.25) is 0 Å². The minimum Gasteiger partial charge on any atom is -0.483 e. The van der Waals surface area contributed by atoms with E-state index in [0.29, 0.717) is 6.54 Å². The van der Waals surface area contributed by atoms with Gasteiger partial charge in [-0.2, -0.15) is 0 Å². The van der Waals surface area contributed by atoms with Crippen molar-refractivity contribution in [2.24, 2.45) is 0 Å². The SMILES string of the molecule is CCCNCc1cc(C)c(OCC(=O)N(C)CC)c(C)c1. The molecule has 1 N–H and O–H groups in total. The number of nitrogens with one attached hydrogen (secondary N) is 1. The highest BCUT2D eigenvalue weighted by atomic mass is 16.5. The van der Waals surface area contributed by atoms with E-state index in [2.05, 4.69) is 24.4 Å². The van der Waals surface area contributed by atoms with Crippen LogP contribution in [0.25, 0.3) is 0 Å². The van der Waals surface area contributed by atoms with Gasteiger partial charge in [0.1, 0.15) is 5.75 Å². The maximum atomic E-state index is 11.8. The first-order valence-corrected chi connectivity index (χ1v) is 7.67. The minimum atomic E-state index is 0.00462. The molecular weight excluding hydrogens is 264 g/mol. The summed E-state index contributed by atoms with van der Waals surface area (Å²) in [6.07, 6.45) is 1.13. The van der Waals surface area contributed by atoms with Crippen molar-refractivity contribution in [1.29, 1.82) is 0 Å². The fourth-order valence-corrected chi connectivity index (χ4v) is 2.20. The van der Waals surface area contributed by atoms with Crippen LogP contribution in [-0.4, -0.2) is 37.6 Å². The molecular formula is C17H28N2O2. The fourth-order valence-electron chi connectivity index (χ4n) is 2.20. The Bertz CT molecular complexity index is 449. The van der Waals surface area contributed by atoms with E-state index in [0.717, 1.165) is 36.4 Å². The van der Waals surface area contributed by atoms with Crippen molar-refractivity contribution in [2.75, 3.05) is 26.7 Å². The zero-order valence-corrected chi connectivity index (χ0v) is 14.0. The molecule has 0 heterocycles. The predicted molar refractivity (Wildman–Crippen MR) is 86.7 cm³/mol. The number of carbonyl (C=O) groups is 1. The maximum Gasteiger partial charge on any atom is 0.260 e. The third-order valence-electron chi connectivity index (χ3n) is 3.52. The van der Waals surface area contributed by atoms with E-state index < -0.39 is 0 Å². The minimum absolute atomic E-state index is 0.00462. The number of amides is 1. The number of nitrogens with zero attached hydrogens (tertiary/aromatic N) is 1. The summed E-state index contributed by atoms with van der Waals surface area (Å²) in [6, 6.07) is 4.25. The maximum absolute atomic E-state index is 11.8. The highest BCUT2D eigenvalue weighted by Crippen LogP contribution is 2.24. The molecule has 21 heavy (non-hydrogen) atoms. The summed E-state index contributed by atoms with van der Waals surface area (Å²) in [6.45, 7) is 10.8. The van der Waals surface area contributed by atoms with Crippen LogP contribution in [0.4, 0.5) is 0 Å². The van der Waals surface area contributed by atoms with Gasteiger partial charge in [-0.15, -0.1) is 0 Å². The van der Waals surface area contributed by atoms with Crippen LogP contribution in [0.2, 0.25) is 0 Å². The average Bonchev–Trinajstić information content (AvgIpc) is 2.45. The fraction of sp³-hybridized carbons (Fsp3) is 0.588. The molecule has 0 aliphatic carbocycles. The van der Waals surface area contributed by atoms with Gasteiger partial charge in [0.15, 0.2) is 6.61 Å². The lowest BCUT2D eigenvalue weighted by Gasteiger charge is -2.17. The number of carbonyl (C=O) groups excluding carboxylic acids is 1. The molecule has 0 fully saturated rings. The van der Waals surface area contributed by atoms with Crippen molar-refractivity contribution < 1.29 is 9.53 Å². The van der Waals surface area contributed by atoms with E-state index in [1.807, 2.05) is 20.8 Å². The Morgan fingerprint density at radius 2 is 1.86 bits per heavy atom. The summed E-state index contributed by atoms with van der Waals surface area (Å²) in [7, 11) is 1.79. The number of ether oxygens (including phenoxy) is 1. The van der Waals surface area contributed by atoms with Gasteiger partial charge in [0.05, 0.1) is 0 Å². The van der Waals surface area contributed by atoms with Gasteiger partial charge in [0.25, 0.3) is 5.91 Å². The number of rotatable bonds is 8. The molecule has 0 spiro atoms. The van der Waals surface area contributed by atoms with Crippen LogP contribution in [0.15, 0.2) is 12.1 Å². The Morgan fingerprint density at radius 3 is 2.38 bits per heavy atom. The van der Waals surface area contributed by atoms with Crippen LogP contribution < -0.4 is 10.1 Å². The monoisotopic (exact) mass is 292 g/mol. The molecule has 1 rings (SSSR count). The Hall–Kier alpha value is -1.55. The topological polar surface area (TPSA) is 41.6 Å². The Kier molecular flexibility index (Phi) is 7.23. The van der Waals surface area contributed by atoms with E-state index in [4.69, 9.17) is 4.74 Å². The van der Waals surface area contributed by atoms with Crippen LogP contribution in [0.5, 0.6) is 5.75 Å². The number of likely N-dealkylation sites (N-methyl/N-ethyl adjacent to an activating group) is 1. The second kappa shape index (κ2) is 8.67. The molecule has 4 nitrogen and oxygen atoms in total. The van der Waals surface area contributed by atoms with Gasteiger partial charge < -0.3 is 15.0 Å². The number of benzene rings is 1. The molecule has 0 unspecified atom stereocenters. The van der Waals surface area contributed by atoms with E-state index in [-0.39, 0.29) is 12.5 Å². The Balaban J connectivity index is 2.69. The lowest BCUT2D eigenvalue weighted by Crippen LogP contribution is -2.31. The molecule has 1 aromatic carbocycles. The van der Waals surface area contributed by atoms with Crippen LogP contribution in [-0.2, 0) is 11.3 Å². The number of hydrogen-bond acceptors (Lipinski definition) is 3. The number of aryl methyl sites for hydroxylation is 2. The summed E-state index contributed by atoms with van der Waals surface area (Å²) >= 11 is 0. The first-order chi connectivity index (χ1) is 9.99. The van der Waals surface area contributed by atoms with Gasteiger partial charge >= 0.3 is 0 Å². The third kappa shape index (κ3) is 5.38. The van der Waals surface area contributed by atoms with E-state index in [1.54, 1.807) is 11.9 Å². The molecule has 0 saturated heterocycles. The van der Waals surface area contributed by atoms with Gasteiger partial charge in [-0.1, -0.05) is 19.1 Å². The third-order valence-corrected chi connectivity index (χ3v) is 3.52. The summed E-state index contributed by atoms with van der Waals surface area (Å²) in [5, 5.41) is 3.40. The van der Waals surface area contributed by atoms with E-state index in [1.165, 1.54) is 5.56 Å². The largest absolute Gasteiger partial charge is 0.483 e. The molecule has 118 valence electrons. The van der Waals surface area contributed by atoms with Crippen molar-refractivity contribution in [3.8, 4) is 5.75 Å². The highest BCUT2D eigenvalue weighted by Gasteiger charge is 2.11. The Morgan fingerprint density at radius 1 is 1.24 bits per heavy atom. The summed E-state index contributed by atoms with van der Waals surface area (Å²) in [5.41, 5.74) is 3.41. The lowest BCUT2D eigenvalue weighted by atomic mass is 10.1. The van der Waals surface area contributed by atoms with Crippen LogP contribution in [0.1, 0.15) is 37.0 Å². The van der Waals surface area contributed by atoms with Gasteiger partial charge in [-0.3, -0.25) is 4.79 Å². The molecule has 0 aromatic heterocycles. The molecule has 0 aliphatic heterocycles. The summed E-state index contributed by atoms with van der Waals surface area (Å²) in [4.78, 5) is 13.5. The van der Waals surface area contributed by atoms with Crippen molar-refractivity contribution in [2.45, 2.75) is 40.7 Å². The molecule has 0 atom stereocenters. The van der Waals surface area contributed by atoms with Crippen molar-refractivity contribution in [3.05, 3.63) is 28.8 Å². The average molecular weight is 292 g/mol. The normalized spacial score (nSPS) is 10.5. The molecule has 0 saturated carbocycles. The van der Waals surface area contributed by atoms with Crippen LogP contribution in [0, 0.1) is 13.8 Å². The summed E-state index contributed by atoms with van der Waals surface area (Å²) in [5.74, 6) is 0.831. The van der Waals surface area contributed by atoms with Gasteiger partial charge in [-0.05, 0) is 50.4 Å². The smallest absolute Gasteiger partial charge is 0.260 e. The Labute approximate surface area is 128 Å². The quantitative estimate of drug-likeness (QED) is 0.749. The van der Waals surface area contributed by atoms with Gasteiger partial charge in [0, 0.05) is 20.1 Å². The van der Waals surface area contributed by atoms with Crippen molar-refractivity contribution >= 4 is 5.91 Å². The van der Waals surface area contributed by atoms with E-state index in [9.17, 15) is 4.79 Å². The van der Waals surface area contributed by atoms with Crippen molar-refractivity contribution in [3.63, 3.8) is 0 Å². The summed E-state index contributed by atoms with van der Waals surface area (Å²) < 4.78 is 5.72. The zero-order valence-electron chi connectivity index (χ0n) is 14.0. The molecule has 1 aromatic rings. The first-order valence-electron chi connectivity index (χ1n) is 7.67. The molecule has 4 heteroatoms. The highest BCUT2D eigenvalue weighted by molar-refractivity contribution is 5.77. The zero-order chi connectivity index (χ0) is 15.8. The molecule has 0 aliphatic rings. The molecule has 1 amide bonds. The second-order valence-corrected chi connectivity index (χ2v) is 5.43. The lowest BCUT2D eigenvalue weighted by molar-refractivity contribution is -0.131. The second-order valence-electron chi connectivity index (χ2n) is 5.43. The van der Waals surface area contributed by atoms with Crippen molar-refractivity contribution in [1.82, 2.24) is 10.2 Å². The molecule has 0 radical (unpaired) electrons. The van der Waals surface area contributed by atoms with Crippen LogP contribution in [0.3, 0.4) is 0 Å². The first kappa shape index (κ1) is 17.5.